The number of benzene rings is 3. The van der Waals surface area contributed by atoms with Crippen molar-refractivity contribution < 1.29 is 9.90 Å². The number of hydrogen-bond donors (Lipinski definition) is 1. The second-order valence-electron chi connectivity index (χ2n) is 7.49. The van der Waals surface area contributed by atoms with Gasteiger partial charge in [0.15, 0.2) is 0 Å². The molecule has 0 radical (unpaired) electrons. The minimum Gasteiger partial charge on any atom is -0.505 e. The fourth-order valence-electron chi connectivity index (χ4n) is 4.18. The van der Waals surface area contributed by atoms with Crippen molar-refractivity contribution in [1.29, 1.82) is 0 Å². The molecule has 1 aromatic heterocycles. The van der Waals surface area contributed by atoms with Crippen LogP contribution in [-0.2, 0) is 11.2 Å². The molecule has 4 aromatic rings. The molecule has 0 saturated carbocycles. The molecule has 1 N–H and O–H groups in total. The molecule has 1 aliphatic heterocycles. The molecule has 0 unspecified atom stereocenters. The molecule has 3 aromatic carbocycles. The third kappa shape index (κ3) is 3.39. The number of aromatic hydroxyl groups is 1. The number of thioether (sulfide) groups is 1. The predicted molar refractivity (Wildman–Crippen MR) is 124 cm³/mol. The lowest BCUT2D eigenvalue weighted by molar-refractivity contribution is -0.108. The summed E-state index contributed by atoms with van der Waals surface area (Å²) >= 11 is 1.40. The fourth-order valence-corrected chi connectivity index (χ4v) is 5.42. The van der Waals surface area contributed by atoms with E-state index in [4.69, 9.17) is 0 Å². The summed E-state index contributed by atoms with van der Waals surface area (Å²) in [6, 6.07) is 24.9. The Morgan fingerprint density at radius 3 is 2.55 bits per heavy atom. The quantitative estimate of drug-likeness (QED) is 0.473. The SMILES string of the molecule is O=CN(c1ccccc1)[C@H]1CSc2c(O)c(Cc3cccc4ccccc34)cc(=O)n21. The van der Waals surface area contributed by atoms with E-state index < -0.39 is 6.17 Å². The number of pyridine rings is 1. The lowest BCUT2D eigenvalue weighted by Gasteiger charge is -2.26. The Kier molecular flexibility index (Phi) is 5.00. The van der Waals surface area contributed by atoms with Gasteiger partial charge in [0.25, 0.3) is 5.56 Å². The van der Waals surface area contributed by atoms with Crippen molar-refractivity contribution in [3.63, 3.8) is 0 Å². The zero-order chi connectivity index (χ0) is 21.4. The number of rotatable bonds is 5. The van der Waals surface area contributed by atoms with Crippen LogP contribution in [0.4, 0.5) is 5.69 Å². The number of amides is 1. The van der Waals surface area contributed by atoms with Gasteiger partial charge in [0.05, 0.1) is 0 Å². The van der Waals surface area contributed by atoms with E-state index >= 15 is 0 Å². The third-order valence-corrected chi connectivity index (χ3v) is 6.81. The van der Waals surface area contributed by atoms with E-state index in [9.17, 15) is 14.7 Å². The molecule has 2 heterocycles. The van der Waals surface area contributed by atoms with Crippen molar-refractivity contribution in [2.75, 3.05) is 10.7 Å². The van der Waals surface area contributed by atoms with Crippen LogP contribution in [-0.4, -0.2) is 21.8 Å². The molecule has 31 heavy (non-hydrogen) atoms. The van der Waals surface area contributed by atoms with Crippen LogP contribution in [0.15, 0.2) is 88.7 Å². The summed E-state index contributed by atoms with van der Waals surface area (Å²) in [5.41, 5.74) is 2.14. The van der Waals surface area contributed by atoms with E-state index in [1.54, 1.807) is 0 Å². The van der Waals surface area contributed by atoms with Crippen LogP contribution in [0.2, 0.25) is 0 Å². The number of fused-ring (bicyclic) bond motifs is 2. The maximum Gasteiger partial charge on any atom is 0.253 e. The zero-order valence-corrected chi connectivity index (χ0v) is 17.5. The Hall–Kier alpha value is -3.51. The van der Waals surface area contributed by atoms with E-state index in [1.807, 2.05) is 66.7 Å². The summed E-state index contributed by atoms with van der Waals surface area (Å²) in [5.74, 6) is 0.604. The molecule has 0 bridgehead atoms. The van der Waals surface area contributed by atoms with Gasteiger partial charge in [-0.05, 0) is 28.5 Å². The van der Waals surface area contributed by atoms with E-state index in [0.29, 0.717) is 28.5 Å². The predicted octanol–water partition coefficient (Wildman–Crippen LogP) is 4.57. The van der Waals surface area contributed by atoms with E-state index in [0.717, 1.165) is 22.7 Å². The third-order valence-electron chi connectivity index (χ3n) is 5.68. The maximum atomic E-state index is 13.1. The van der Waals surface area contributed by atoms with Crippen molar-refractivity contribution >= 4 is 34.6 Å². The summed E-state index contributed by atoms with van der Waals surface area (Å²) in [5, 5.41) is 13.8. The highest BCUT2D eigenvalue weighted by Gasteiger charge is 2.32. The van der Waals surface area contributed by atoms with Crippen molar-refractivity contribution in [3.8, 4) is 5.75 Å². The fraction of sp³-hybridized carbons (Fsp3) is 0.120. The minimum absolute atomic E-state index is 0.110. The second-order valence-corrected chi connectivity index (χ2v) is 8.50. The molecule has 0 saturated heterocycles. The first-order valence-corrected chi connectivity index (χ1v) is 11.0. The first-order chi connectivity index (χ1) is 15.2. The van der Waals surface area contributed by atoms with Gasteiger partial charge >= 0.3 is 0 Å². The Balaban J connectivity index is 1.55. The summed E-state index contributed by atoms with van der Waals surface area (Å²) < 4.78 is 1.52. The summed E-state index contributed by atoms with van der Waals surface area (Å²) in [6.45, 7) is 0. The Morgan fingerprint density at radius 1 is 1.00 bits per heavy atom. The van der Waals surface area contributed by atoms with Crippen molar-refractivity contribution in [2.24, 2.45) is 0 Å². The van der Waals surface area contributed by atoms with Gasteiger partial charge in [0.2, 0.25) is 6.41 Å². The van der Waals surface area contributed by atoms with E-state index in [2.05, 4.69) is 6.07 Å². The normalized spacial score (nSPS) is 15.0. The number of carbonyl (C=O) groups is 1. The van der Waals surface area contributed by atoms with Gasteiger partial charge in [0.1, 0.15) is 16.9 Å². The number of hydrogen-bond acceptors (Lipinski definition) is 4. The Labute approximate surface area is 183 Å². The molecule has 0 aliphatic carbocycles. The first-order valence-electron chi connectivity index (χ1n) is 10.0. The molecule has 5 nitrogen and oxygen atoms in total. The van der Waals surface area contributed by atoms with E-state index in [-0.39, 0.29) is 11.3 Å². The van der Waals surface area contributed by atoms with Gasteiger partial charge in [-0.25, -0.2) is 0 Å². The summed E-state index contributed by atoms with van der Waals surface area (Å²) in [4.78, 5) is 26.5. The monoisotopic (exact) mass is 428 g/mol. The standard InChI is InChI=1S/C25H20N2O3S/c28-16-26(20-10-2-1-3-11-20)22-15-31-25-24(30)19(14-23(29)27(22)25)13-18-9-6-8-17-7-4-5-12-21(17)18/h1-12,14,16,22,30H,13,15H2/t22-/m1/s1. The average molecular weight is 429 g/mol. The van der Waals surface area contributed by atoms with Crippen LogP contribution in [0, 0.1) is 0 Å². The molecule has 154 valence electrons. The lowest BCUT2D eigenvalue weighted by atomic mass is 9.98. The van der Waals surface area contributed by atoms with Crippen molar-refractivity contribution in [2.45, 2.75) is 17.6 Å². The van der Waals surface area contributed by atoms with Gasteiger partial charge in [-0.3, -0.25) is 19.1 Å². The van der Waals surface area contributed by atoms with Crippen LogP contribution in [0.1, 0.15) is 17.3 Å². The summed E-state index contributed by atoms with van der Waals surface area (Å²) in [6.07, 6.45) is 0.714. The summed E-state index contributed by atoms with van der Waals surface area (Å²) in [7, 11) is 0. The second kappa shape index (κ2) is 7.96. The maximum absolute atomic E-state index is 13.1. The van der Waals surface area contributed by atoms with Gasteiger partial charge in [-0.15, -0.1) is 11.8 Å². The lowest BCUT2D eigenvalue weighted by Crippen LogP contribution is -2.36. The molecular formula is C25H20N2O3S. The number of para-hydroxylation sites is 1. The number of aromatic nitrogens is 1. The Bertz CT molecular complexity index is 1330. The number of nitrogens with zero attached hydrogens (tertiary/aromatic N) is 2. The van der Waals surface area contributed by atoms with Crippen LogP contribution in [0.25, 0.3) is 10.8 Å². The molecule has 0 spiro atoms. The Morgan fingerprint density at radius 2 is 1.74 bits per heavy atom. The van der Waals surface area contributed by atoms with Crippen molar-refractivity contribution in [3.05, 3.63) is 100 Å². The molecular weight excluding hydrogens is 408 g/mol. The van der Waals surface area contributed by atoms with Crippen molar-refractivity contribution in [1.82, 2.24) is 4.57 Å². The molecule has 1 aliphatic rings. The molecule has 6 heteroatoms. The van der Waals surface area contributed by atoms with Crippen LogP contribution < -0.4 is 10.5 Å². The van der Waals surface area contributed by atoms with Gasteiger partial charge in [0, 0.05) is 29.5 Å². The number of anilines is 1. The minimum atomic E-state index is -0.482. The van der Waals surface area contributed by atoms with Gasteiger partial charge in [-0.2, -0.15) is 0 Å². The smallest absolute Gasteiger partial charge is 0.253 e. The van der Waals surface area contributed by atoms with Gasteiger partial charge < -0.3 is 5.11 Å². The molecule has 0 fully saturated rings. The first kappa shape index (κ1) is 19.5. The number of carbonyl (C=O) groups excluding carboxylic acids is 1. The van der Waals surface area contributed by atoms with Crippen LogP contribution in [0.5, 0.6) is 5.75 Å². The highest BCUT2D eigenvalue weighted by Crippen LogP contribution is 2.42. The van der Waals surface area contributed by atoms with Gasteiger partial charge in [-0.1, -0.05) is 60.7 Å². The molecule has 1 amide bonds. The van der Waals surface area contributed by atoms with Crippen LogP contribution in [0.3, 0.4) is 0 Å². The largest absolute Gasteiger partial charge is 0.505 e. The molecule has 1 atom stereocenters. The zero-order valence-electron chi connectivity index (χ0n) is 16.6. The highest BCUT2D eigenvalue weighted by molar-refractivity contribution is 7.99. The molecule has 5 rings (SSSR count). The average Bonchev–Trinajstić information content (AvgIpc) is 3.24. The van der Waals surface area contributed by atoms with Crippen LogP contribution >= 0.6 is 11.8 Å². The highest BCUT2D eigenvalue weighted by atomic mass is 32.2. The van der Waals surface area contributed by atoms with E-state index in [1.165, 1.54) is 27.3 Å². The topological polar surface area (TPSA) is 62.5 Å².